The van der Waals surface area contributed by atoms with Gasteiger partial charge in [0.15, 0.2) is 0 Å². The second-order valence-corrected chi connectivity index (χ2v) is 5.52. The molecule has 0 bridgehead atoms. The molecule has 25 heavy (non-hydrogen) atoms. The monoisotopic (exact) mass is 334 g/mol. The summed E-state index contributed by atoms with van der Waals surface area (Å²) in [6, 6.07) is 17.8. The van der Waals surface area contributed by atoms with Crippen LogP contribution in [-0.4, -0.2) is 28.5 Å². The Labute approximate surface area is 147 Å². The first-order chi connectivity index (χ1) is 12.3. The smallest absolute Gasteiger partial charge is 0.128 e. The summed E-state index contributed by atoms with van der Waals surface area (Å²) in [7, 11) is 1.86. The van der Waals surface area contributed by atoms with Crippen LogP contribution in [0.5, 0.6) is 0 Å². The van der Waals surface area contributed by atoms with Crippen LogP contribution in [0.4, 0.5) is 17.5 Å². The van der Waals surface area contributed by atoms with Crippen molar-refractivity contribution in [2.75, 3.05) is 29.5 Å². The first-order valence-electron chi connectivity index (χ1n) is 8.32. The van der Waals surface area contributed by atoms with E-state index in [-0.39, 0.29) is 0 Å². The Hall–Kier alpha value is -3.15. The minimum Gasteiger partial charge on any atom is -0.373 e. The van der Waals surface area contributed by atoms with Crippen LogP contribution in [0.2, 0.25) is 0 Å². The molecule has 3 heterocycles. The van der Waals surface area contributed by atoms with Crippen LogP contribution in [-0.2, 0) is 13.0 Å². The van der Waals surface area contributed by atoms with Gasteiger partial charge in [-0.05, 0) is 36.4 Å². The van der Waals surface area contributed by atoms with Gasteiger partial charge < -0.3 is 16.0 Å². The molecule has 0 unspecified atom stereocenters. The van der Waals surface area contributed by atoms with E-state index in [0.29, 0.717) is 6.54 Å². The zero-order chi connectivity index (χ0) is 17.3. The third kappa shape index (κ3) is 5.17. The van der Waals surface area contributed by atoms with Crippen molar-refractivity contribution in [1.82, 2.24) is 15.0 Å². The number of nitrogens with zero attached hydrogens (tertiary/aromatic N) is 3. The average Bonchev–Trinajstić information content (AvgIpc) is 2.68. The van der Waals surface area contributed by atoms with Gasteiger partial charge in [-0.3, -0.25) is 4.98 Å². The lowest BCUT2D eigenvalue weighted by Gasteiger charge is -2.09. The van der Waals surface area contributed by atoms with E-state index in [1.807, 2.05) is 61.6 Å². The van der Waals surface area contributed by atoms with Gasteiger partial charge in [0.2, 0.25) is 0 Å². The van der Waals surface area contributed by atoms with Gasteiger partial charge in [-0.25, -0.2) is 9.97 Å². The molecule has 0 aliphatic carbocycles. The van der Waals surface area contributed by atoms with Crippen LogP contribution >= 0.6 is 0 Å². The first kappa shape index (κ1) is 16.7. The van der Waals surface area contributed by atoms with E-state index in [9.17, 15) is 0 Å². The number of rotatable bonds is 8. The van der Waals surface area contributed by atoms with Crippen LogP contribution in [0.3, 0.4) is 0 Å². The first-order valence-corrected chi connectivity index (χ1v) is 8.32. The van der Waals surface area contributed by atoms with Crippen molar-refractivity contribution in [3.05, 3.63) is 72.2 Å². The summed E-state index contributed by atoms with van der Waals surface area (Å²) in [6.07, 6.45) is 2.62. The van der Waals surface area contributed by atoms with Gasteiger partial charge in [0, 0.05) is 31.9 Å². The second kappa shape index (κ2) is 8.63. The third-order valence-electron chi connectivity index (χ3n) is 3.68. The lowest BCUT2D eigenvalue weighted by atomic mass is 10.2. The number of anilines is 3. The molecule has 0 spiro atoms. The van der Waals surface area contributed by atoms with Crippen molar-refractivity contribution < 1.29 is 0 Å². The molecule has 3 N–H and O–H groups in total. The predicted octanol–water partition coefficient (Wildman–Crippen LogP) is 3.18. The molecule has 6 nitrogen and oxygen atoms in total. The van der Waals surface area contributed by atoms with Crippen LogP contribution < -0.4 is 16.0 Å². The van der Waals surface area contributed by atoms with Gasteiger partial charge in [0.05, 0.1) is 12.2 Å². The van der Waals surface area contributed by atoms with Crippen molar-refractivity contribution in [2.45, 2.75) is 13.0 Å². The lowest BCUT2D eigenvalue weighted by molar-refractivity contribution is 0.945. The normalized spacial score (nSPS) is 10.3. The Morgan fingerprint density at radius 1 is 0.760 bits per heavy atom. The van der Waals surface area contributed by atoms with Gasteiger partial charge >= 0.3 is 0 Å². The van der Waals surface area contributed by atoms with Crippen LogP contribution in [0.15, 0.2) is 60.8 Å². The highest BCUT2D eigenvalue weighted by atomic mass is 15.0. The van der Waals surface area contributed by atoms with E-state index in [0.717, 1.165) is 41.8 Å². The number of hydrogen-bond acceptors (Lipinski definition) is 6. The minimum absolute atomic E-state index is 0.663. The van der Waals surface area contributed by atoms with Gasteiger partial charge in [0.1, 0.15) is 17.5 Å². The SMILES string of the molecule is CNc1cccc(NCCc2cccc(NCc3ccccn3)n2)n1. The lowest BCUT2D eigenvalue weighted by Crippen LogP contribution is -2.09. The highest BCUT2D eigenvalue weighted by Crippen LogP contribution is 2.10. The summed E-state index contributed by atoms with van der Waals surface area (Å²) in [5, 5.41) is 9.67. The molecular formula is C19H22N6. The molecule has 3 rings (SSSR count). The molecule has 0 amide bonds. The molecule has 0 saturated heterocycles. The second-order valence-electron chi connectivity index (χ2n) is 5.52. The maximum atomic E-state index is 4.64. The van der Waals surface area contributed by atoms with Crippen molar-refractivity contribution in [1.29, 1.82) is 0 Å². The van der Waals surface area contributed by atoms with Crippen molar-refractivity contribution in [3.8, 4) is 0 Å². The van der Waals surface area contributed by atoms with Gasteiger partial charge in [0.25, 0.3) is 0 Å². The topological polar surface area (TPSA) is 74.8 Å². The van der Waals surface area contributed by atoms with Gasteiger partial charge in [-0.1, -0.05) is 18.2 Å². The summed E-state index contributed by atoms with van der Waals surface area (Å²) < 4.78 is 0. The molecule has 0 aromatic carbocycles. The third-order valence-corrected chi connectivity index (χ3v) is 3.68. The van der Waals surface area contributed by atoms with Gasteiger partial charge in [-0.15, -0.1) is 0 Å². The number of nitrogens with one attached hydrogen (secondary N) is 3. The predicted molar refractivity (Wildman–Crippen MR) is 102 cm³/mol. The number of hydrogen-bond donors (Lipinski definition) is 3. The molecule has 0 fully saturated rings. The summed E-state index contributed by atoms with van der Waals surface area (Å²) in [5.74, 6) is 2.57. The molecule has 3 aromatic rings. The zero-order valence-corrected chi connectivity index (χ0v) is 14.2. The number of pyridine rings is 3. The molecule has 128 valence electrons. The summed E-state index contributed by atoms with van der Waals surface area (Å²) in [4.78, 5) is 13.4. The highest BCUT2D eigenvalue weighted by molar-refractivity contribution is 5.44. The Morgan fingerprint density at radius 2 is 1.52 bits per heavy atom. The van der Waals surface area contributed by atoms with E-state index in [1.165, 1.54) is 0 Å². The standard InChI is InChI=1S/C19H22N6/c1-20-17-8-5-10-18(25-17)22-13-11-15-7-4-9-19(24-15)23-14-16-6-2-3-12-21-16/h2-10,12H,11,13-14H2,1H3,(H,23,24)(H2,20,22,25). The van der Waals surface area contributed by atoms with Crippen molar-refractivity contribution in [2.24, 2.45) is 0 Å². The molecular weight excluding hydrogens is 312 g/mol. The average molecular weight is 334 g/mol. The Morgan fingerprint density at radius 3 is 2.32 bits per heavy atom. The van der Waals surface area contributed by atoms with Gasteiger partial charge in [-0.2, -0.15) is 0 Å². The molecule has 6 heteroatoms. The van der Waals surface area contributed by atoms with Crippen LogP contribution in [0.25, 0.3) is 0 Å². The Balaban J connectivity index is 1.51. The fraction of sp³-hybridized carbons (Fsp3) is 0.211. The largest absolute Gasteiger partial charge is 0.373 e. The van der Waals surface area contributed by atoms with E-state index in [2.05, 4.69) is 30.9 Å². The van der Waals surface area contributed by atoms with Crippen molar-refractivity contribution >= 4 is 17.5 Å². The molecule has 0 radical (unpaired) electrons. The molecule has 0 aliphatic heterocycles. The molecule has 0 aliphatic rings. The van der Waals surface area contributed by atoms with E-state index in [1.54, 1.807) is 6.20 Å². The molecule has 0 atom stereocenters. The fourth-order valence-electron chi connectivity index (χ4n) is 2.39. The maximum Gasteiger partial charge on any atom is 0.128 e. The Bertz CT molecular complexity index is 791. The number of aromatic nitrogens is 3. The van der Waals surface area contributed by atoms with E-state index in [4.69, 9.17) is 0 Å². The van der Waals surface area contributed by atoms with Crippen molar-refractivity contribution in [3.63, 3.8) is 0 Å². The molecule has 0 saturated carbocycles. The van der Waals surface area contributed by atoms with E-state index >= 15 is 0 Å². The summed E-state index contributed by atoms with van der Waals surface area (Å²) in [5.41, 5.74) is 2.02. The van der Waals surface area contributed by atoms with Crippen LogP contribution in [0, 0.1) is 0 Å². The Kier molecular flexibility index (Phi) is 5.77. The van der Waals surface area contributed by atoms with Crippen LogP contribution in [0.1, 0.15) is 11.4 Å². The minimum atomic E-state index is 0.663. The maximum absolute atomic E-state index is 4.64. The molecule has 3 aromatic heterocycles. The fourth-order valence-corrected chi connectivity index (χ4v) is 2.39. The highest BCUT2D eigenvalue weighted by Gasteiger charge is 2.00. The summed E-state index contributed by atoms with van der Waals surface area (Å²) in [6.45, 7) is 1.44. The van der Waals surface area contributed by atoms with E-state index < -0.39 is 0 Å². The zero-order valence-electron chi connectivity index (χ0n) is 14.2. The quantitative estimate of drug-likeness (QED) is 0.587. The summed E-state index contributed by atoms with van der Waals surface area (Å²) >= 11 is 0.